The highest BCUT2D eigenvalue weighted by Crippen LogP contribution is 2.38. The van der Waals surface area contributed by atoms with Crippen LogP contribution in [0.15, 0.2) is 29.8 Å². The molecule has 0 saturated carbocycles. The lowest BCUT2D eigenvalue weighted by atomic mass is 9.98. The van der Waals surface area contributed by atoms with Gasteiger partial charge in [0.05, 0.1) is 0 Å². The maximum Gasteiger partial charge on any atom is 0.159 e. The largest absolute Gasteiger partial charge is 0.400 e. The minimum atomic E-state index is 0.388. The molecule has 0 saturated heterocycles. The Labute approximate surface area is 102 Å². The molecule has 2 heteroatoms. The van der Waals surface area contributed by atoms with Crippen molar-refractivity contribution in [3.63, 3.8) is 0 Å². The Morgan fingerprint density at radius 2 is 1.65 bits per heavy atom. The van der Waals surface area contributed by atoms with Gasteiger partial charge in [0.25, 0.3) is 0 Å². The van der Waals surface area contributed by atoms with Crippen molar-refractivity contribution in [1.82, 2.24) is 0 Å². The van der Waals surface area contributed by atoms with Crippen LogP contribution in [0, 0.1) is 0 Å². The zero-order valence-corrected chi connectivity index (χ0v) is 10.2. The number of fused-ring (bicyclic) bond motifs is 2. The van der Waals surface area contributed by atoms with E-state index in [0.717, 1.165) is 38.4 Å². The molecule has 0 heterocycles. The summed E-state index contributed by atoms with van der Waals surface area (Å²) in [6, 6.07) is 8.49. The number of aliphatic hydroxyl groups is 1. The smallest absolute Gasteiger partial charge is 0.159 e. The summed E-state index contributed by atoms with van der Waals surface area (Å²) in [6.07, 6.45) is 4.88. The molecule has 17 heavy (non-hydrogen) atoms. The molecule has 0 aliphatic heterocycles. The van der Waals surface area contributed by atoms with Crippen LogP contribution in [0.3, 0.4) is 0 Å². The predicted octanol–water partition coefficient (Wildman–Crippen LogP) is 2.75. The summed E-state index contributed by atoms with van der Waals surface area (Å²) in [4.78, 5) is 11.9. The molecule has 0 amide bonds. The Balaban J connectivity index is 0.000000514. The number of carbonyl (C=O) groups is 1. The van der Waals surface area contributed by atoms with E-state index < -0.39 is 0 Å². The standard InChI is InChI=1S/C14H14O.CH4O/c15-14-9-8-10-4-1-2-5-11(10)12-6-3-7-13(12)14;1-2/h1-2,4-5H,3,6-9H2;2H,1H3. The SMILES string of the molecule is CO.O=C1CCc2ccccc2C2=C1CCC2. The minimum absolute atomic E-state index is 0.388. The van der Waals surface area contributed by atoms with Gasteiger partial charge in [-0.15, -0.1) is 0 Å². The highest BCUT2D eigenvalue weighted by Gasteiger charge is 2.25. The second kappa shape index (κ2) is 5.28. The van der Waals surface area contributed by atoms with Gasteiger partial charge in [0, 0.05) is 13.5 Å². The Morgan fingerprint density at radius 3 is 2.47 bits per heavy atom. The molecular formula is C15H18O2. The van der Waals surface area contributed by atoms with Crippen molar-refractivity contribution >= 4 is 11.4 Å². The van der Waals surface area contributed by atoms with Crippen LogP contribution in [0.4, 0.5) is 0 Å². The van der Waals surface area contributed by atoms with E-state index in [0.29, 0.717) is 12.2 Å². The first-order valence-electron chi connectivity index (χ1n) is 6.14. The number of benzene rings is 1. The number of aryl methyl sites for hydroxylation is 1. The molecule has 0 fully saturated rings. The zero-order valence-electron chi connectivity index (χ0n) is 10.2. The molecule has 1 aromatic rings. The minimum Gasteiger partial charge on any atom is -0.400 e. The van der Waals surface area contributed by atoms with Gasteiger partial charge in [-0.1, -0.05) is 24.3 Å². The Bertz CT molecular complexity index is 458. The molecule has 1 N–H and O–H groups in total. The number of allylic oxidation sites excluding steroid dienone is 2. The molecule has 2 aliphatic rings. The van der Waals surface area contributed by atoms with Crippen molar-refractivity contribution in [2.24, 2.45) is 0 Å². The molecule has 2 aliphatic carbocycles. The molecule has 0 atom stereocenters. The summed E-state index contributed by atoms with van der Waals surface area (Å²) in [6.45, 7) is 0. The molecule has 90 valence electrons. The molecule has 0 spiro atoms. The number of hydrogen-bond donors (Lipinski definition) is 1. The fourth-order valence-electron chi connectivity index (χ4n) is 2.78. The second-order valence-corrected chi connectivity index (χ2v) is 4.39. The van der Waals surface area contributed by atoms with Gasteiger partial charge in [0.15, 0.2) is 5.78 Å². The van der Waals surface area contributed by atoms with E-state index in [-0.39, 0.29) is 0 Å². The molecular weight excluding hydrogens is 212 g/mol. The Hall–Kier alpha value is -1.41. The monoisotopic (exact) mass is 230 g/mol. The molecule has 2 nitrogen and oxygen atoms in total. The predicted molar refractivity (Wildman–Crippen MR) is 68.7 cm³/mol. The van der Waals surface area contributed by atoms with E-state index in [9.17, 15) is 4.79 Å². The van der Waals surface area contributed by atoms with Crippen LogP contribution in [0.5, 0.6) is 0 Å². The van der Waals surface area contributed by atoms with E-state index in [1.807, 2.05) is 0 Å². The van der Waals surface area contributed by atoms with E-state index in [1.54, 1.807) is 0 Å². The number of Topliss-reactive ketones (excluding diaryl/α,β-unsaturated/α-hetero) is 1. The Morgan fingerprint density at radius 1 is 0.941 bits per heavy atom. The summed E-state index contributed by atoms with van der Waals surface area (Å²) >= 11 is 0. The van der Waals surface area contributed by atoms with Crippen LogP contribution < -0.4 is 0 Å². The summed E-state index contributed by atoms with van der Waals surface area (Å²) in [7, 11) is 1.00. The fourth-order valence-corrected chi connectivity index (χ4v) is 2.78. The topological polar surface area (TPSA) is 37.3 Å². The van der Waals surface area contributed by atoms with Gasteiger partial charge in [-0.2, -0.15) is 0 Å². The molecule has 0 unspecified atom stereocenters. The van der Waals surface area contributed by atoms with Crippen LogP contribution >= 0.6 is 0 Å². The van der Waals surface area contributed by atoms with Crippen molar-refractivity contribution < 1.29 is 9.90 Å². The average molecular weight is 230 g/mol. The van der Waals surface area contributed by atoms with Crippen LogP contribution in [0.25, 0.3) is 5.57 Å². The molecule has 0 radical (unpaired) electrons. The van der Waals surface area contributed by atoms with Gasteiger partial charge in [0.1, 0.15) is 0 Å². The van der Waals surface area contributed by atoms with E-state index in [2.05, 4.69) is 24.3 Å². The van der Waals surface area contributed by atoms with Gasteiger partial charge in [0.2, 0.25) is 0 Å². The quantitative estimate of drug-likeness (QED) is 0.744. The first kappa shape index (κ1) is 12.1. The van der Waals surface area contributed by atoms with Gasteiger partial charge in [-0.3, -0.25) is 4.79 Å². The number of rotatable bonds is 0. The van der Waals surface area contributed by atoms with Gasteiger partial charge < -0.3 is 5.11 Å². The lowest BCUT2D eigenvalue weighted by Crippen LogP contribution is -2.00. The summed E-state index contributed by atoms with van der Waals surface area (Å²) in [5, 5.41) is 7.00. The maximum atomic E-state index is 11.9. The lowest BCUT2D eigenvalue weighted by molar-refractivity contribution is -0.115. The number of carbonyl (C=O) groups excluding carboxylic acids is 1. The van der Waals surface area contributed by atoms with Crippen molar-refractivity contribution in [3.8, 4) is 0 Å². The summed E-state index contributed by atoms with van der Waals surface area (Å²) in [5.41, 5.74) is 5.17. The number of hydrogen-bond acceptors (Lipinski definition) is 2. The number of ketones is 1. The highest BCUT2D eigenvalue weighted by molar-refractivity contribution is 6.04. The molecule has 3 rings (SSSR count). The van der Waals surface area contributed by atoms with Gasteiger partial charge >= 0.3 is 0 Å². The van der Waals surface area contributed by atoms with Crippen molar-refractivity contribution in [2.45, 2.75) is 32.1 Å². The highest BCUT2D eigenvalue weighted by atomic mass is 16.2. The normalized spacial score (nSPS) is 17.9. The van der Waals surface area contributed by atoms with Crippen LogP contribution in [-0.2, 0) is 11.2 Å². The first-order valence-corrected chi connectivity index (χ1v) is 6.14. The maximum absolute atomic E-state index is 11.9. The van der Waals surface area contributed by atoms with Crippen LogP contribution in [0.1, 0.15) is 36.8 Å². The zero-order chi connectivity index (χ0) is 12.3. The third-order valence-corrected chi connectivity index (χ3v) is 3.52. The third kappa shape index (κ3) is 2.18. The summed E-state index contributed by atoms with van der Waals surface area (Å²) in [5.74, 6) is 0.388. The Kier molecular flexibility index (Phi) is 3.75. The van der Waals surface area contributed by atoms with E-state index >= 15 is 0 Å². The van der Waals surface area contributed by atoms with Crippen molar-refractivity contribution in [1.29, 1.82) is 0 Å². The average Bonchev–Trinajstić information content (AvgIpc) is 2.83. The molecule has 0 bridgehead atoms. The molecule has 0 aromatic heterocycles. The van der Waals surface area contributed by atoms with Crippen molar-refractivity contribution in [2.75, 3.05) is 7.11 Å². The van der Waals surface area contributed by atoms with Gasteiger partial charge in [-0.25, -0.2) is 0 Å². The molecule has 1 aromatic carbocycles. The van der Waals surface area contributed by atoms with E-state index in [4.69, 9.17) is 5.11 Å². The van der Waals surface area contributed by atoms with Crippen molar-refractivity contribution in [3.05, 3.63) is 41.0 Å². The summed E-state index contributed by atoms with van der Waals surface area (Å²) < 4.78 is 0. The first-order chi connectivity index (χ1) is 8.36. The number of aliphatic hydroxyl groups excluding tert-OH is 1. The third-order valence-electron chi connectivity index (χ3n) is 3.52. The fraction of sp³-hybridized carbons (Fsp3) is 0.400. The van der Waals surface area contributed by atoms with Crippen LogP contribution in [-0.4, -0.2) is 18.0 Å². The second-order valence-electron chi connectivity index (χ2n) is 4.39. The van der Waals surface area contributed by atoms with Gasteiger partial charge in [-0.05, 0) is 48.0 Å². The van der Waals surface area contributed by atoms with E-state index in [1.165, 1.54) is 16.7 Å². The van der Waals surface area contributed by atoms with Crippen LogP contribution in [0.2, 0.25) is 0 Å². The lowest BCUT2D eigenvalue weighted by Gasteiger charge is -2.07.